The number of amides is 8. The number of imide groups is 1. The van der Waals surface area contributed by atoms with Crippen LogP contribution in [-0.2, 0) is 40.1 Å². The van der Waals surface area contributed by atoms with Crippen molar-refractivity contribution in [2.75, 3.05) is 6.54 Å². The zero-order valence-electron chi connectivity index (χ0n) is 43.7. The van der Waals surface area contributed by atoms with Crippen molar-refractivity contribution in [1.29, 1.82) is 0 Å². The van der Waals surface area contributed by atoms with Crippen LogP contribution < -0.4 is 26.6 Å². The lowest BCUT2D eigenvalue weighted by Crippen LogP contribution is -2.62. The Morgan fingerprint density at radius 2 is 1.62 bits per heavy atom. The van der Waals surface area contributed by atoms with Crippen LogP contribution in [0.4, 0.5) is 0 Å². The van der Waals surface area contributed by atoms with E-state index < -0.39 is 76.9 Å². The minimum absolute atomic E-state index is 0.0127. The number of rotatable bonds is 16. The van der Waals surface area contributed by atoms with Crippen LogP contribution in [0.25, 0.3) is 0 Å². The summed E-state index contributed by atoms with van der Waals surface area (Å²) in [5, 5.41) is 14.1. The zero-order valence-corrected chi connectivity index (χ0v) is 43.7. The monoisotopic (exact) mass is 1020 g/mol. The fraction of sp³-hybridized carbons (Fsp3) is 0.661. The second-order valence-corrected chi connectivity index (χ2v) is 23.6. The summed E-state index contributed by atoms with van der Waals surface area (Å²) in [6.07, 6.45) is 15.4. The largest absolute Gasteiger partial charge is 0.347 e. The molecule has 4 aliphatic carbocycles. The van der Waals surface area contributed by atoms with E-state index in [4.69, 9.17) is 4.98 Å². The van der Waals surface area contributed by atoms with Crippen molar-refractivity contribution in [2.45, 2.75) is 198 Å². The number of carbonyl (C=O) groups excluding carboxylic acids is 9. The first-order valence-corrected chi connectivity index (χ1v) is 27.6. The van der Waals surface area contributed by atoms with E-state index in [9.17, 15) is 43.2 Å². The first-order chi connectivity index (χ1) is 35.4. The van der Waals surface area contributed by atoms with Gasteiger partial charge < -0.3 is 31.1 Å². The van der Waals surface area contributed by atoms with Crippen LogP contribution in [0, 0.1) is 29.1 Å². The third-order valence-corrected chi connectivity index (χ3v) is 17.3. The molecule has 3 aliphatic heterocycles. The van der Waals surface area contributed by atoms with E-state index in [-0.39, 0.29) is 71.9 Å². The number of benzene rings is 1. The summed E-state index contributed by atoms with van der Waals surface area (Å²) in [7, 11) is 0. The van der Waals surface area contributed by atoms with Gasteiger partial charge in [0, 0.05) is 43.2 Å². The Kier molecular flexibility index (Phi) is 15.7. The van der Waals surface area contributed by atoms with Gasteiger partial charge in [-0.1, -0.05) is 78.9 Å². The Bertz CT molecular complexity index is 2530. The first kappa shape index (κ1) is 52.8. The number of nitrogens with one attached hydrogen (secondary N) is 5. The normalized spacial score (nSPS) is 27.3. The first-order valence-electron chi connectivity index (χ1n) is 27.6. The summed E-state index contributed by atoms with van der Waals surface area (Å²) in [5.74, 6) is -3.80. The molecule has 9 rings (SSSR count). The third-order valence-electron chi connectivity index (χ3n) is 17.3. The van der Waals surface area contributed by atoms with Crippen molar-refractivity contribution in [1.82, 2.24) is 46.4 Å². The molecule has 7 aliphatic rings. The van der Waals surface area contributed by atoms with E-state index in [1.54, 1.807) is 16.0 Å². The quantitative estimate of drug-likeness (QED) is 0.112. The molecule has 10 atom stereocenters. The minimum atomic E-state index is -1.05. The molecule has 18 nitrogen and oxygen atoms in total. The van der Waals surface area contributed by atoms with E-state index >= 15 is 0 Å². The van der Waals surface area contributed by atoms with E-state index in [1.807, 2.05) is 39.8 Å². The van der Waals surface area contributed by atoms with Crippen molar-refractivity contribution in [3.63, 3.8) is 0 Å². The highest BCUT2D eigenvalue weighted by atomic mass is 16.2. The van der Waals surface area contributed by atoms with Gasteiger partial charge in [0.25, 0.3) is 17.7 Å². The lowest BCUT2D eigenvalue weighted by molar-refractivity contribution is -0.146. The van der Waals surface area contributed by atoms with Crippen LogP contribution in [0.2, 0.25) is 0 Å². The van der Waals surface area contributed by atoms with Crippen LogP contribution in [0.3, 0.4) is 0 Å². The van der Waals surface area contributed by atoms with Gasteiger partial charge in [-0.15, -0.1) is 0 Å². The summed E-state index contributed by atoms with van der Waals surface area (Å²) in [4.78, 5) is 134. The number of Topliss-reactive ketones (excluding diaryl/α,β-unsaturated/α-hetero) is 1. The van der Waals surface area contributed by atoms with Crippen molar-refractivity contribution < 1.29 is 43.2 Å². The van der Waals surface area contributed by atoms with Crippen LogP contribution in [0.1, 0.15) is 193 Å². The van der Waals surface area contributed by atoms with Crippen molar-refractivity contribution in [3.05, 3.63) is 58.7 Å². The number of hydrogen-bond donors (Lipinski definition) is 5. The summed E-state index contributed by atoms with van der Waals surface area (Å²) in [6, 6.07) is 1.40. The third kappa shape index (κ3) is 11.3. The molecule has 4 heterocycles. The van der Waals surface area contributed by atoms with Gasteiger partial charge in [0.2, 0.25) is 35.3 Å². The Labute approximate surface area is 433 Å². The topological polar surface area (TPSA) is 246 Å². The summed E-state index contributed by atoms with van der Waals surface area (Å²) < 4.78 is 0. The Balaban J connectivity index is 0.845. The zero-order chi connectivity index (χ0) is 52.6. The fourth-order valence-corrected chi connectivity index (χ4v) is 13.1. The molecule has 2 saturated heterocycles. The molecule has 1 aromatic carbocycles. The van der Waals surface area contributed by atoms with Gasteiger partial charge in [-0.2, -0.15) is 0 Å². The van der Waals surface area contributed by atoms with Crippen LogP contribution >= 0.6 is 0 Å². The van der Waals surface area contributed by atoms with E-state index in [0.29, 0.717) is 31.5 Å². The Morgan fingerprint density at radius 3 is 2.30 bits per heavy atom. The number of ketones is 1. The molecule has 18 heteroatoms. The number of likely N-dealkylation sites (tertiary alicyclic amines) is 1. The molecule has 8 amide bonds. The van der Waals surface area contributed by atoms with Crippen molar-refractivity contribution in [2.24, 2.45) is 29.1 Å². The maximum Gasteiger partial charge on any atom is 0.289 e. The number of fused-ring (bicyclic) bond motifs is 2. The summed E-state index contributed by atoms with van der Waals surface area (Å²) in [5.41, 5.74) is 2.69. The summed E-state index contributed by atoms with van der Waals surface area (Å²) in [6.45, 7) is 10.4. The summed E-state index contributed by atoms with van der Waals surface area (Å²) >= 11 is 0. The molecule has 74 heavy (non-hydrogen) atoms. The molecular weight excluding hydrogens is 943 g/mol. The number of aromatic nitrogens is 2. The average molecular weight is 1020 g/mol. The van der Waals surface area contributed by atoms with Gasteiger partial charge in [-0.3, -0.25) is 53.5 Å². The van der Waals surface area contributed by atoms with Crippen LogP contribution in [0.15, 0.2) is 30.6 Å². The van der Waals surface area contributed by atoms with E-state index in [0.717, 1.165) is 100 Å². The minimum Gasteiger partial charge on any atom is -0.347 e. The highest BCUT2D eigenvalue weighted by molar-refractivity contribution is 6.38. The maximum absolute atomic E-state index is 15.0. The molecule has 1 aromatic heterocycles. The van der Waals surface area contributed by atoms with Crippen molar-refractivity contribution >= 4 is 53.0 Å². The molecular formula is C56H75N9O9. The number of nitrogens with zero attached hydrogens (tertiary/aromatic N) is 4. The van der Waals surface area contributed by atoms with Crippen LogP contribution in [0.5, 0.6) is 0 Å². The van der Waals surface area contributed by atoms with Gasteiger partial charge in [0.05, 0.1) is 17.9 Å². The highest BCUT2D eigenvalue weighted by Crippen LogP contribution is 2.46. The Hall–Kier alpha value is -6.07. The lowest BCUT2D eigenvalue weighted by atomic mass is 9.71. The second-order valence-electron chi connectivity index (χ2n) is 23.6. The molecule has 0 bridgehead atoms. The molecule has 6 fully saturated rings. The fourth-order valence-electron chi connectivity index (χ4n) is 13.1. The van der Waals surface area contributed by atoms with Gasteiger partial charge in [0.1, 0.15) is 29.9 Å². The second kappa shape index (κ2) is 22.0. The number of hydrogen-bond acceptors (Lipinski definition) is 11. The van der Waals surface area contributed by atoms with E-state index in [2.05, 4.69) is 44.6 Å². The maximum atomic E-state index is 15.0. The van der Waals surface area contributed by atoms with Gasteiger partial charge >= 0.3 is 0 Å². The number of carbonyl (C=O) groups is 9. The molecule has 5 N–H and O–H groups in total. The Morgan fingerprint density at radius 1 is 0.851 bits per heavy atom. The predicted molar refractivity (Wildman–Crippen MR) is 272 cm³/mol. The van der Waals surface area contributed by atoms with Gasteiger partial charge in [0.15, 0.2) is 0 Å². The van der Waals surface area contributed by atoms with Crippen LogP contribution in [-0.4, -0.2) is 116 Å². The lowest BCUT2D eigenvalue weighted by Gasteiger charge is -2.38. The predicted octanol–water partition coefficient (Wildman–Crippen LogP) is 4.89. The smallest absolute Gasteiger partial charge is 0.289 e. The highest BCUT2D eigenvalue weighted by Gasteiger charge is 2.53. The van der Waals surface area contributed by atoms with Gasteiger partial charge in [-0.25, -0.2) is 4.98 Å². The van der Waals surface area contributed by atoms with E-state index in [1.165, 1.54) is 6.20 Å². The van der Waals surface area contributed by atoms with Gasteiger partial charge in [-0.05, 0) is 123 Å². The SMILES string of the molecule is CCC[C@H](NC(=O)[C@@H]1[C@H]2CCC[C@H]2CN1C(=O)[C@@H](NC(=O)[C@@H](NC(=O)c1cnc(C2CCC(c3ccc4c(c3)CN(C3CCC(=O)NC3=O)C4=O)C(C)C2)cn1)C1CCCCC1)C(C)(C)C)C(=O)C(=O)NC1CC1. The molecule has 4 saturated carbocycles. The molecule has 0 radical (unpaired) electrons. The molecule has 4 unspecified atom stereocenters. The van der Waals surface area contributed by atoms with Crippen molar-refractivity contribution in [3.8, 4) is 0 Å². The molecule has 398 valence electrons. The number of piperidine rings is 1. The molecule has 2 aromatic rings. The molecule has 0 spiro atoms. The average Bonchev–Trinajstić information content (AvgIpc) is 3.80. The standard InChI is InChI=1S/C56H75N9O9/c1-6-11-40(47(67)53(72)59-36-18-19-36)60-52(71)46-38-15-10-14-34(38)28-65(46)55(74)48(56(3,4)5)63-51(70)45(31-12-8-7-9-13-31)62-49(68)42-27-57-41(26-58-42)33-17-20-37(30(2)24-33)32-16-21-39-35(25-32)29-64(54(39)73)43-22-23-44(66)61-50(43)69/h16,21,25-27,30-31,33-34,36-38,40,43,45-46,48H,6-15,17-20,22-24,28-29H2,1-5H3,(H,59,72)(H,60,71)(H,62,68)(H,63,70)(H,61,66,69)/t30?,33?,34-,37?,38-,40-,43?,45-,46-,48+/m0/s1.